The molecule has 2 aliphatic rings. The molecule has 112 valence electrons. The summed E-state index contributed by atoms with van der Waals surface area (Å²) in [4.78, 5) is 37.0. The summed E-state index contributed by atoms with van der Waals surface area (Å²) in [6.07, 6.45) is 4.67. The van der Waals surface area contributed by atoms with Crippen molar-refractivity contribution in [2.45, 2.75) is 45.1 Å². The number of likely N-dealkylation sites (tertiary alicyclic amines) is 1. The molecule has 0 aromatic heterocycles. The van der Waals surface area contributed by atoms with Crippen LogP contribution in [0.2, 0.25) is 0 Å². The lowest BCUT2D eigenvalue weighted by Crippen LogP contribution is -2.38. The molecule has 6 heteroatoms. The Hall–Kier alpha value is -1.59. The van der Waals surface area contributed by atoms with E-state index < -0.39 is 5.97 Å². The fraction of sp³-hybridized carbons (Fsp3) is 0.786. The zero-order valence-corrected chi connectivity index (χ0v) is 11.9. The first kappa shape index (κ1) is 14.8. The van der Waals surface area contributed by atoms with Crippen LogP contribution in [-0.2, 0) is 19.1 Å². The van der Waals surface area contributed by atoms with Crippen molar-refractivity contribution in [2.75, 3.05) is 19.7 Å². The van der Waals surface area contributed by atoms with Gasteiger partial charge in [-0.15, -0.1) is 0 Å². The quantitative estimate of drug-likeness (QED) is 0.743. The van der Waals surface area contributed by atoms with Crippen molar-refractivity contribution in [3.8, 4) is 0 Å². The summed E-state index contributed by atoms with van der Waals surface area (Å²) in [7, 11) is 0. The largest absolute Gasteiger partial charge is 0.465 e. The van der Waals surface area contributed by atoms with E-state index in [0.29, 0.717) is 19.2 Å². The van der Waals surface area contributed by atoms with Crippen molar-refractivity contribution in [2.24, 2.45) is 5.92 Å². The first-order valence-corrected chi connectivity index (χ1v) is 7.34. The van der Waals surface area contributed by atoms with Crippen molar-refractivity contribution in [1.29, 1.82) is 0 Å². The summed E-state index contributed by atoms with van der Waals surface area (Å²) in [6.45, 7) is 2.37. The van der Waals surface area contributed by atoms with Crippen LogP contribution < -0.4 is 5.32 Å². The molecule has 0 aromatic rings. The summed E-state index contributed by atoms with van der Waals surface area (Å²) in [5, 5.41) is 2.55. The third-order valence-electron chi connectivity index (χ3n) is 4.01. The Morgan fingerprint density at radius 1 is 1.35 bits per heavy atom. The molecule has 2 fully saturated rings. The summed E-state index contributed by atoms with van der Waals surface area (Å²) in [5.74, 6) is -0.949. The van der Waals surface area contributed by atoms with Gasteiger partial charge in [0.25, 0.3) is 0 Å². The Labute approximate surface area is 118 Å². The van der Waals surface area contributed by atoms with Gasteiger partial charge in [0, 0.05) is 19.0 Å². The molecule has 1 atom stereocenters. The fourth-order valence-electron chi connectivity index (χ4n) is 2.99. The van der Waals surface area contributed by atoms with E-state index in [-0.39, 0.29) is 30.7 Å². The number of carbonyl (C=O) groups is 3. The van der Waals surface area contributed by atoms with Gasteiger partial charge in [-0.3, -0.25) is 14.4 Å². The number of nitrogens with zero attached hydrogens (tertiary/aromatic N) is 1. The van der Waals surface area contributed by atoms with Crippen molar-refractivity contribution in [1.82, 2.24) is 10.2 Å². The third-order valence-corrected chi connectivity index (χ3v) is 4.01. The maximum absolute atomic E-state index is 12.0. The molecular weight excluding hydrogens is 260 g/mol. The highest BCUT2D eigenvalue weighted by Gasteiger charge is 2.38. The van der Waals surface area contributed by atoms with E-state index in [1.165, 1.54) is 0 Å². The molecule has 1 aliphatic carbocycles. The highest BCUT2D eigenvalue weighted by atomic mass is 16.5. The van der Waals surface area contributed by atoms with E-state index in [1.807, 2.05) is 4.90 Å². The van der Waals surface area contributed by atoms with Crippen LogP contribution in [0.3, 0.4) is 0 Å². The summed E-state index contributed by atoms with van der Waals surface area (Å²) in [5.41, 5.74) is 0. The Bertz CT molecular complexity index is 391. The van der Waals surface area contributed by atoms with E-state index in [9.17, 15) is 14.4 Å². The van der Waals surface area contributed by atoms with Gasteiger partial charge in [-0.25, -0.2) is 0 Å². The van der Waals surface area contributed by atoms with Gasteiger partial charge in [0.05, 0.1) is 12.5 Å². The molecule has 6 nitrogen and oxygen atoms in total. The predicted octanol–water partition coefficient (Wildman–Crippen LogP) is 0.457. The monoisotopic (exact) mass is 282 g/mol. The molecule has 2 amide bonds. The van der Waals surface area contributed by atoms with E-state index in [4.69, 9.17) is 4.74 Å². The number of nitrogens with one attached hydrogen (secondary N) is 1. The lowest BCUT2D eigenvalue weighted by atomic mass is 10.1. The molecule has 1 saturated carbocycles. The molecule has 1 unspecified atom stereocenters. The Morgan fingerprint density at radius 3 is 2.70 bits per heavy atom. The highest BCUT2D eigenvalue weighted by molar-refractivity contribution is 5.90. The second-order valence-electron chi connectivity index (χ2n) is 5.41. The Balaban J connectivity index is 1.80. The van der Waals surface area contributed by atoms with Crippen molar-refractivity contribution in [3.63, 3.8) is 0 Å². The summed E-state index contributed by atoms with van der Waals surface area (Å²) in [6, 6.07) is 0.311. The topological polar surface area (TPSA) is 75.7 Å². The van der Waals surface area contributed by atoms with Crippen LogP contribution in [0.4, 0.5) is 0 Å². The van der Waals surface area contributed by atoms with Gasteiger partial charge >= 0.3 is 5.97 Å². The smallest absolute Gasteiger partial charge is 0.325 e. The van der Waals surface area contributed by atoms with Crippen LogP contribution in [-0.4, -0.2) is 48.4 Å². The Kier molecular flexibility index (Phi) is 4.98. The van der Waals surface area contributed by atoms with Crippen molar-refractivity contribution < 1.29 is 19.1 Å². The minimum absolute atomic E-state index is 0.0631. The van der Waals surface area contributed by atoms with Crippen molar-refractivity contribution >= 4 is 17.8 Å². The first-order chi connectivity index (χ1) is 9.61. The van der Waals surface area contributed by atoms with Crippen LogP contribution in [0.25, 0.3) is 0 Å². The molecule has 1 aliphatic heterocycles. The van der Waals surface area contributed by atoms with Crippen LogP contribution >= 0.6 is 0 Å². The summed E-state index contributed by atoms with van der Waals surface area (Å²) < 4.78 is 4.75. The van der Waals surface area contributed by atoms with Crippen molar-refractivity contribution in [3.05, 3.63) is 0 Å². The SMILES string of the molecule is CCOC(=O)CNC(=O)C1CC(=O)N(C2CCCC2)C1. The van der Waals surface area contributed by atoms with Gasteiger partial charge in [0.2, 0.25) is 11.8 Å². The molecule has 2 rings (SSSR count). The van der Waals surface area contributed by atoms with Gasteiger partial charge in [-0.1, -0.05) is 12.8 Å². The first-order valence-electron chi connectivity index (χ1n) is 7.34. The number of ether oxygens (including phenoxy) is 1. The molecule has 1 N–H and O–H groups in total. The fourth-order valence-corrected chi connectivity index (χ4v) is 2.99. The molecule has 20 heavy (non-hydrogen) atoms. The van der Waals surface area contributed by atoms with Crippen LogP contribution in [0.5, 0.6) is 0 Å². The number of esters is 1. The molecule has 0 radical (unpaired) electrons. The molecule has 1 saturated heterocycles. The number of rotatable bonds is 5. The minimum Gasteiger partial charge on any atom is -0.465 e. The standard InChI is InChI=1S/C14H22N2O4/c1-2-20-13(18)8-15-14(19)10-7-12(17)16(9-10)11-5-3-4-6-11/h10-11H,2-9H2,1H3,(H,15,19). The normalized spacial score (nSPS) is 23.1. The third kappa shape index (κ3) is 3.49. The average Bonchev–Trinajstić information content (AvgIpc) is 3.05. The van der Waals surface area contributed by atoms with Gasteiger partial charge < -0.3 is 15.0 Å². The minimum atomic E-state index is -0.446. The van der Waals surface area contributed by atoms with Gasteiger partial charge in [-0.05, 0) is 19.8 Å². The molecule has 0 aromatic carbocycles. The van der Waals surface area contributed by atoms with Crippen LogP contribution in [0.15, 0.2) is 0 Å². The average molecular weight is 282 g/mol. The zero-order chi connectivity index (χ0) is 14.5. The Morgan fingerprint density at radius 2 is 2.05 bits per heavy atom. The maximum Gasteiger partial charge on any atom is 0.325 e. The number of hydrogen-bond acceptors (Lipinski definition) is 4. The molecule has 0 spiro atoms. The molecule has 1 heterocycles. The summed E-state index contributed by atoms with van der Waals surface area (Å²) >= 11 is 0. The zero-order valence-electron chi connectivity index (χ0n) is 11.9. The number of carbonyl (C=O) groups excluding carboxylic acids is 3. The highest BCUT2D eigenvalue weighted by Crippen LogP contribution is 2.29. The van der Waals surface area contributed by atoms with Crippen LogP contribution in [0.1, 0.15) is 39.0 Å². The lowest BCUT2D eigenvalue weighted by Gasteiger charge is -2.23. The van der Waals surface area contributed by atoms with E-state index in [2.05, 4.69) is 5.32 Å². The van der Waals surface area contributed by atoms with E-state index >= 15 is 0 Å². The van der Waals surface area contributed by atoms with Gasteiger partial charge in [0.15, 0.2) is 0 Å². The predicted molar refractivity (Wildman–Crippen MR) is 71.7 cm³/mol. The van der Waals surface area contributed by atoms with Gasteiger partial charge in [-0.2, -0.15) is 0 Å². The number of hydrogen-bond donors (Lipinski definition) is 1. The molecule has 0 bridgehead atoms. The second kappa shape index (κ2) is 6.72. The van der Waals surface area contributed by atoms with Gasteiger partial charge in [0.1, 0.15) is 6.54 Å². The van der Waals surface area contributed by atoms with E-state index in [1.54, 1.807) is 6.92 Å². The van der Waals surface area contributed by atoms with Crippen LogP contribution in [0, 0.1) is 5.92 Å². The maximum atomic E-state index is 12.0. The lowest BCUT2D eigenvalue weighted by molar-refractivity contribution is -0.143. The number of amides is 2. The second-order valence-corrected chi connectivity index (χ2v) is 5.41. The van der Waals surface area contributed by atoms with E-state index in [0.717, 1.165) is 25.7 Å². The molecular formula is C14H22N2O4.